The second kappa shape index (κ2) is 5.77. The fraction of sp³-hybridized carbons (Fsp3) is 0.364. The molecule has 0 saturated carbocycles. The largest absolute Gasteiger partial charge is 0.264 e. The van der Waals surface area contributed by atoms with Crippen LogP contribution in [0.5, 0.6) is 0 Å². The van der Waals surface area contributed by atoms with Gasteiger partial charge >= 0.3 is 0 Å². The van der Waals surface area contributed by atoms with E-state index in [-0.39, 0.29) is 4.91 Å². The Bertz CT molecular complexity index is 452. The van der Waals surface area contributed by atoms with Crippen molar-refractivity contribution in [2.45, 2.75) is 26.2 Å². The molecule has 0 aromatic carbocycles. The molecule has 0 spiro atoms. The number of hydrogen-bond acceptors (Lipinski definition) is 3. The fourth-order valence-electron chi connectivity index (χ4n) is 1.29. The van der Waals surface area contributed by atoms with E-state index in [0.717, 1.165) is 18.4 Å². The Morgan fingerprint density at radius 1 is 1.56 bits per heavy atom. The Morgan fingerprint density at radius 3 is 2.81 bits per heavy atom. The Morgan fingerprint density at radius 2 is 2.31 bits per heavy atom. The van der Waals surface area contributed by atoms with E-state index in [4.69, 9.17) is 5.14 Å². The molecule has 0 aliphatic rings. The second-order valence-corrected chi connectivity index (χ2v) is 5.16. The minimum atomic E-state index is -3.60. The van der Waals surface area contributed by atoms with Crippen LogP contribution in [0.25, 0.3) is 6.08 Å². The van der Waals surface area contributed by atoms with Crippen molar-refractivity contribution in [3.05, 3.63) is 35.0 Å². The van der Waals surface area contributed by atoms with Gasteiger partial charge in [-0.25, -0.2) is 13.6 Å². The number of primary sulfonamides is 1. The minimum absolute atomic E-state index is 0.266. The van der Waals surface area contributed by atoms with Gasteiger partial charge in [0.05, 0.1) is 4.91 Å². The first kappa shape index (κ1) is 12.9. The van der Waals surface area contributed by atoms with E-state index in [9.17, 15) is 8.42 Å². The van der Waals surface area contributed by atoms with Gasteiger partial charge in [0.1, 0.15) is 0 Å². The van der Waals surface area contributed by atoms with Gasteiger partial charge in [-0.3, -0.25) is 4.98 Å². The maximum absolute atomic E-state index is 11.3. The molecular formula is C11H16N2O2S. The summed E-state index contributed by atoms with van der Waals surface area (Å²) in [6.07, 6.45) is 7.04. The molecule has 2 N–H and O–H groups in total. The van der Waals surface area contributed by atoms with Crippen molar-refractivity contribution in [3.63, 3.8) is 0 Å². The van der Waals surface area contributed by atoms with Gasteiger partial charge in [-0.1, -0.05) is 19.4 Å². The topological polar surface area (TPSA) is 73.0 Å². The minimum Gasteiger partial charge on any atom is -0.264 e. The third-order valence-corrected chi connectivity index (χ3v) is 3.21. The quantitative estimate of drug-likeness (QED) is 0.854. The summed E-state index contributed by atoms with van der Waals surface area (Å²) in [5, 5.41) is 5.15. The van der Waals surface area contributed by atoms with E-state index in [0.29, 0.717) is 6.42 Å². The highest BCUT2D eigenvalue weighted by molar-refractivity contribution is 7.93. The van der Waals surface area contributed by atoms with Crippen LogP contribution in [-0.4, -0.2) is 13.4 Å². The zero-order chi connectivity index (χ0) is 12.0. The molecule has 1 heterocycles. The number of nitrogens with two attached hydrogens (primary N) is 1. The molecule has 0 bridgehead atoms. The molecule has 5 heteroatoms. The zero-order valence-corrected chi connectivity index (χ0v) is 10.1. The van der Waals surface area contributed by atoms with Gasteiger partial charge in [0, 0.05) is 12.4 Å². The molecule has 0 aliphatic heterocycles. The number of allylic oxidation sites excluding steroid dienone is 1. The van der Waals surface area contributed by atoms with Crippen LogP contribution in [0.1, 0.15) is 31.7 Å². The van der Waals surface area contributed by atoms with Gasteiger partial charge < -0.3 is 0 Å². The first-order chi connectivity index (χ1) is 7.54. The molecule has 4 nitrogen and oxygen atoms in total. The maximum Gasteiger partial charge on any atom is 0.234 e. The molecule has 16 heavy (non-hydrogen) atoms. The average Bonchev–Trinajstić information content (AvgIpc) is 2.24. The lowest BCUT2D eigenvalue weighted by Crippen LogP contribution is -2.14. The molecule has 0 unspecified atom stereocenters. The lowest BCUT2D eigenvalue weighted by atomic mass is 10.2. The number of sulfonamides is 1. The van der Waals surface area contributed by atoms with Crippen molar-refractivity contribution in [1.82, 2.24) is 4.98 Å². The summed E-state index contributed by atoms with van der Waals surface area (Å²) in [4.78, 5) is 4.19. The van der Waals surface area contributed by atoms with Crippen LogP contribution in [0.15, 0.2) is 29.4 Å². The monoisotopic (exact) mass is 240 g/mol. The highest BCUT2D eigenvalue weighted by Gasteiger charge is 2.11. The standard InChI is InChI=1S/C11H16N2O2S/c1-2-3-6-11(16(12,14)15)8-10-5-4-7-13-9-10/h4-5,7-9H,2-3,6H2,1H3,(H2,12,14,15)/b11-8+. The molecule has 0 fully saturated rings. The fourth-order valence-corrected chi connectivity index (χ4v) is 2.02. The number of pyridine rings is 1. The normalized spacial score (nSPS) is 12.8. The molecule has 0 atom stereocenters. The van der Waals surface area contributed by atoms with E-state index < -0.39 is 10.0 Å². The lowest BCUT2D eigenvalue weighted by molar-refractivity contribution is 0.601. The number of unbranched alkanes of at least 4 members (excludes halogenated alkanes) is 1. The summed E-state index contributed by atoms with van der Waals surface area (Å²) in [6.45, 7) is 2.00. The molecule has 1 rings (SSSR count). The van der Waals surface area contributed by atoms with Crippen LogP contribution in [0, 0.1) is 0 Å². The van der Waals surface area contributed by atoms with Crippen LogP contribution in [-0.2, 0) is 10.0 Å². The van der Waals surface area contributed by atoms with E-state index >= 15 is 0 Å². The molecule has 1 aromatic rings. The molecular weight excluding hydrogens is 224 g/mol. The Hall–Kier alpha value is -1.20. The van der Waals surface area contributed by atoms with Gasteiger partial charge in [-0.15, -0.1) is 0 Å². The second-order valence-electron chi connectivity index (χ2n) is 3.55. The number of nitrogens with zero attached hydrogens (tertiary/aromatic N) is 1. The van der Waals surface area contributed by atoms with E-state index in [2.05, 4.69) is 4.98 Å². The predicted molar refractivity (Wildman–Crippen MR) is 64.8 cm³/mol. The third kappa shape index (κ3) is 4.12. The summed E-state index contributed by atoms with van der Waals surface area (Å²) >= 11 is 0. The number of hydrogen-bond donors (Lipinski definition) is 1. The smallest absolute Gasteiger partial charge is 0.234 e. The van der Waals surface area contributed by atoms with E-state index in [1.54, 1.807) is 30.6 Å². The van der Waals surface area contributed by atoms with E-state index in [1.807, 2.05) is 6.92 Å². The highest BCUT2D eigenvalue weighted by Crippen LogP contribution is 2.15. The van der Waals surface area contributed by atoms with Crippen molar-refractivity contribution in [2.75, 3.05) is 0 Å². The van der Waals surface area contributed by atoms with Crippen LogP contribution >= 0.6 is 0 Å². The van der Waals surface area contributed by atoms with Crippen LogP contribution in [0.3, 0.4) is 0 Å². The Kier molecular flexibility index (Phi) is 4.64. The summed E-state index contributed by atoms with van der Waals surface area (Å²) in [6, 6.07) is 3.55. The van der Waals surface area contributed by atoms with Gasteiger partial charge in [0.2, 0.25) is 10.0 Å². The molecule has 88 valence electrons. The summed E-state index contributed by atoms with van der Waals surface area (Å²) in [7, 11) is -3.60. The first-order valence-corrected chi connectivity index (χ1v) is 6.72. The maximum atomic E-state index is 11.3. The van der Waals surface area contributed by atoms with Crippen LogP contribution in [0.2, 0.25) is 0 Å². The van der Waals surface area contributed by atoms with Crippen molar-refractivity contribution in [1.29, 1.82) is 0 Å². The zero-order valence-electron chi connectivity index (χ0n) is 9.26. The molecule has 0 radical (unpaired) electrons. The van der Waals surface area contributed by atoms with Gasteiger partial charge in [-0.2, -0.15) is 0 Å². The Labute approximate surface area is 96.3 Å². The van der Waals surface area contributed by atoms with Crippen LogP contribution in [0.4, 0.5) is 0 Å². The molecule has 0 saturated heterocycles. The van der Waals surface area contributed by atoms with Gasteiger partial charge in [-0.05, 0) is 30.5 Å². The number of aromatic nitrogens is 1. The summed E-state index contributed by atoms with van der Waals surface area (Å²) < 4.78 is 22.7. The molecule has 0 aliphatic carbocycles. The lowest BCUT2D eigenvalue weighted by Gasteiger charge is -2.04. The van der Waals surface area contributed by atoms with Crippen molar-refractivity contribution >= 4 is 16.1 Å². The Balaban J connectivity index is 2.98. The van der Waals surface area contributed by atoms with Gasteiger partial charge in [0.15, 0.2) is 0 Å². The van der Waals surface area contributed by atoms with Crippen molar-refractivity contribution in [2.24, 2.45) is 5.14 Å². The average molecular weight is 240 g/mol. The highest BCUT2D eigenvalue weighted by atomic mass is 32.2. The SMILES string of the molecule is CCCC/C(=C\c1cccnc1)S(N)(=O)=O. The third-order valence-electron chi connectivity index (χ3n) is 2.15. The van der Waals surface area contributed by atoms with E-state index in [1.165, 1.54) is 0 Å². The van der Waals surface area contributed by atoms with Crippen molar-refractivity contribution in [3.8, 4) is 0 Å². The van der Waals surface area contributed by atoms with Gasteiger partial charge in [0.25, 0.3) is 0 Å². The van der Waals surface area contributed by atoms with Crippen LogP contribution < -0.4 is 5.14 Å². The predicted octanol–water partition coefficient (Wildman–Crippen LogP) is 1.90. The molecule has 0 amide bonds. The summed E-state index contributed by atoms with van der Waals surface area (Å²) in [5.74, 6) is 0. The van der Waals surface area contributed by atoms with Crippen molar-refractivity contribution < 1.29 is 8.42 Å². The molecule has 1 aromatic heterocycles. The first-order valence-electron chi connectivity index (χ1n) is 5.17. The summed E-state index contributed by atoms with van der Waals surface area (Å²) in [5.41, 5.74) is 0.752. The number of rotatable bonds is 5.